The molecule has 0 aromatic heterocycles. The molecular formula is C13H14BrClFNO. The molecule has 0 aliphatic carbocycles. The highest BCUT2D eigenvalue weighted by atomic mass is 79.9. The summed E-state index contributed by atoms with van der Waals surface area (Å²) in [6.07, 6.45) is 1.84. The van der Waals surface area contributed by atoms with Crippen molar-refractivity contribution < 1.29 is 9.18 Å². The Morgan fingerprint density at radius 3 is 2.72 bits per heavy atom. The predicted octanol–water partition coefficient (Wildman–Crippen LogP) is 3.68. The van der Waals surface area contributed by atoms with Gasteiger partial charge < -0.3 is 4.90 Å². The van der Waals surface area contributed by atoms with Gasteiger partial charge in [0, 0.05) is 19.0 Å². The van der Waals surface area contributed by atoms with Crippen molar-refractivity contribution in [3.05, 3.63) is 34.1 Å². The molecule has 18 heavy (non-hydrogen) atoms. The lowest BCUT2D eigenvalue weighted by Gasteiger charge is -2.31. The average molecular weight is 335 g/mol. The smallest absolute Gasteiger partial charge is 0.255 e. The molecule has 1 heterocycles. The number of piperidine rings is 1. The van der Waals surface area contributed by atoms with E-state index in [4.69, 9.17) is 11.6 Å². The standard InChI is InChI=1S/C13H14BrClFNO/c14-12-10(2-1-3-11(12)16)13(18)17-6-4-9(8-15)5-7-17/h1-3,9H,4-8H2. The molecule has 0 spiro atoms. The fourth-order valence-corrected chi connectivity index (χ4v) is 2.87. The summed E-state index contributed by atoms with van der Waals surface area (Å²) in [5.74, 6) is 0.614. The third-order valence-electron chi connectivity index (χ3n) is 3.30. The van der Waals surface area contributed by atoms with Crippen LogP contribution in [0.1, 0.15) is 23.2 Å². The summed E-state index contributed by atoms with van der Waals surface area (Å²) in [4.78, 5) is 14.0. The molecule has 0 radical (unpaired) electrons. The zero-order valence-corrected chi connectivity index (χ0v) is 12.2. The van der Waals surface area contributed by atoms with Gasteiger partial charge in [0.1, 0.15) is 5.82 Å². The molecular weight excluding hydrogens is 321 g/mol. The van der Waals surface area contributed by atoms with Gasteiger partial charge in [-0.15, -0.1) is 11.6 Å². The maximum absolute atomic E-state index is 13.4. The molecule has 1 aromatic carbocycles. The number of hydrogen-bond acceptors (Lipinski definition) is 1. The zero-order chi connectivity index (χ0) is 13.1. The van der Waals surface area contributed by atoms with E-state index in [1.165, 1.54) is 6.07 Å². The van der Waals surface area contributed by atoms with Crippen molar-refractivity contribution in [3.8, 4) is 0 Å². The minimum atomic E-state index is -0.406. The van der Waals surface area contributed by atoms with Gasteiger partial charge in [-0.25, -0.2) is 4.39 Å². The lowest BCUT2D eigenvalue weighted by Crippen LogP contribution is -2.39. The first-order valence-electron chi connectivity index (χ1n) is 5.92. The van der Waals surface area contributed by atoms with E-state index in [9.17, 15) is 9.18 Å². The van der Waals surface area contributed by atoms with Crippen molar-refractivity contribution in [2.24, 2.45) is 5.92 Å². The molecule has 0 atom stereocenters. The molecule has 1 saturated heterocycles. The summed E-state index contributed by atoms with van der Waals surface area (Å²) in [6, 6.07) is 4.53. The van der Waals surface area contributed by atoms with Crippen molar-refractivity contribution in [3.63, 3.8) is 0 Å². The number of carbonyl (C=O) groups is 1. The van der Waals surface area contributed by atoms with Gasteiger partial charge in [0.2, 0.25) is 0 Å². The minimum Gasteiger partial charge on any atom is -0.339 e. The zero-order valence-electron chi connectivity index (χ0n) is 9.83. The maximum Gasteiger partial charge on any atom is 0.255 e. The Kier molecular flexibility index (Phi) is 4.62. The van der Waals surface area contributed by atoms with Crippen LogP contribution in [-0.4, -0.2) is 29.8 Å². The molecule has 0 unspecified atom stereocenters. The molecule has 1 aliphatic heterocycles. The topological polar surface area (TPSA) is 20.3 Å². The summed E-state index contributed by atoms with van der Waals surface area (Å²) in [7, 11) is 0. The number of halogens is 3. The Balaban J connectivity index is 2.10. The SMILES string of the molecule is O=C(c1cccc(F)c1Br)N1CCC(CCl)CC1. The van der Waals surface area contributed by atoms with Crippen molar-refractivity contribution >= 4 is 33.4 Å². The normalized spacial score (nSPS) is 16.9. The van der Waals surface area contributed by atoms with E-state index in [2.05, 4.69) is 15.9 Å². The highest BCUT2D eigenvalue weighted by molar-refractivity contribution is 9.10. The lowest BCUT2D eigenvalue weighted by molar-refractivity contribution is 0.0696. The van der Waals surface area contributed by atoms with Crippen molar-refractivity contribution in [2.45, 2.75) is 12.8 Å². The largest absolute Gasteiger partial charge is 0.339 e. The molecule has 2 nitrogen and oxygen atoms in total. The third kappa shape index (κ3) is 2.86. The summed E-state index contributed by atoms with van der Waals surface area (Å²) >= 11 is 8.94. The van der Waals surface area contributed by atoms with E-state index in [0.29, 0.717) is 30.5 Å². The van der Waals surface area contributed by atoms with Crippen LogP contribution in [0.2, 0.25) is 0 Å². The number of alkyl halides is 1. The molecule has 0 bridgehead atoms. The number of nitrogens with zero attached hydrogens (tertiary/aromatic N) is 1. The first-order chi connectivity index (χ1) is 8.63. The number of amides is 1. The molecule has 1 amide bonds. The van der Waals surface area contributed by atoms with Gasteiger partial charge in [-0.3, -0.25) is 4.79 Å². The highest BCUT2D eigenvalue weighted by Crippen LogP contribution is 2.25. The van der Waals surface area contributed by atoms with Crippen LogP contribution in [0.25, 0.3) is 0 Å². The Morgan fingerprint density at radius 1 is 1.44 bits per heavy atom. The van der Waals surface area contributed by atoms with Crippen LogP contribution in [0.15, 0.2) is 22.7 Å². The number of likely N-dealkylation sites (tertiary alicyclic amines) is 1. The average Bonchev–Trinajstić information content (AvgIpc) is 2.41. The van der Waals surface area contributed by atoms with E-state index in [-0.39, 0.29) is 10.4 Å². The molecule has 0 saturated carbocycles. The van der Waals surface area contributed by atoms with Gasteiger partial charge in [0.25, 0.3) is 5.91 Å². The first-order valence-corrected chi connectivity index (χ1v) is 7.25. The van der Waals surface area contributed by atoms with E-state index >= 15 is 0 Å². The minimum absolute atomic E-state index is 0.116. The van der Waals surface area contributed by atoms with E-state index in [0.717, 1.165) is 12.8 Å². The van der Waals surface area contributed by atoms with Gasteiger partial charge in [-0.05, 0) is 46.8 Å². The Morgan fingerprint density at radius 2 is 2.11 bits per heavy atom. The highest BCUT2D eigenvalue weighted by Gasteiger charge is 2.24. The Labute approximate surface area is 119 Å². The molecule has 2 rings (SSSR count). The van der Waals surface area contributed by atoms with Crippen LogP contribution in [-0.2, 0) is 0 Å². The molecule has 98 valence electrons. The van der Waals surface area contributed by atoms with Gasteiger partial charge in [0.15, 0.2) is 0 Å². The Hall–Kier alpha value is -0.610. The van der Waals surface area contributed by atoms with E-state index in [1.54, 1.807) is 17.0 Å². The van der Waals surface area contributed by atoms with Crippen molar-refractivity contribution in [1.82, 2.24) is 4.90 Å². The fourth-order valence-electron chi connectivity index (χ4n) is 2.13. The van der Waals surface area contributed by atoms with Crippen LogP contribution in [0.4, 0.5) is 4.39 Å². The van der Waals surface area contributed by atoms with Gasteiger partial charge in [-0.2, -0.15) is 0 Å². The van der Waals surface area contributed by atoms with Crippen LogP contribution >= 0.6 is 27.5 Å². The Bertz CT molecular complexity index is 447. The summed E-state index contributed by atoms with van der Waals surface area (Å²) in [5, 5.41) is 0. The van der Waals surface area contributed by atoms with Gasteiger partial charge in [0.05, 0.1) is 10.0 Å². The van der Waals surface area contributed by atoms with Gasteiger partial charge >= 0.3 is 0 Å². The molecule has 1 aromatic rings. The van der Waals surface area contributed by atoms with Crippen LogP contribution in [0.3, 0.4) is 0 Å². The van der Waals surface area contributed by atoms with Crippen molar-refractivity contribution in [1.29, 1.82) is 0 Å². The molecule has 1 fully saturated rings. The lowest BCUT2D eigenvalue weighted by atomic mass is 9.98. The van der Waals surface area contributed by atoms with Crippen LogP contribution in [0, 0.1) is 11.7 Å². The monoisotopic (exact) mass is 333 g/mol. The summed E-state index contributed by atoms with van der Waals surface area (Å²) in [5.41, 5.74) is 0.388. The molecule has 1 aliphatic rings. The molecule has 5 heteroatoms. The summed E-state index contributed by atoms with van der Waals surface area (Å²) < 4.78 is 13.6. The second-order valence-electron chi connectivity index (χ2n) is 4.49. The fraction of sp³-hybridized carbons (Fsp3) is 0.462. The van der Waals surface area contributed by atoms with E-state index in [1.807, 2.05) is 0 Å². The van der Waals surface area contributed by atoms with Crippen LogP contribution in [0.5, 0.6) is 0 Å². The number of rotatable bonds is 2. The number of carbonyl (C=O) groups excluding carboxylic acids is 1. The number of hydrogen-bond donors (Lipinski definition) is 0. The predicted molar refractivity (Wildman–Crippen MR) is 73.4 cm³/mol. The summed E-state index contributed by atoms with van der Waals surface area (Å²) in [6.45, 7) is 1.39. The third-order valence-corrected chi connectivity index (χ3v) is 4.54. The van der Waals surface area contributed by atoms with Crippen LogP contribution < -0.4 is 0 Å². The van der Waals surface area contributed by atoms with Gasteiger partial charge in [-0.1, -0.05) is 6.07 Å². The van der Waals surface area contributed by atoms with Crippen molar-refractivity contribution in [2.75, 3.05) is 19.0 Å². The molecule has 0 N–H and O–H groups in total. The second-order valence-corrected chi connectivity index (χ2v) is 5.59. The second kappa shape index (κ2) is 6.02. The first kappa shape index (κ1) is 13.8. The number of benzene rings is 1. The maximum atomic E-state index is 13.4. The quantitative estimate of drug-likeness (QED) is 0.756. The van der Waals surface area contributed by atoms with E-state index < -0.39 is 5.82 Å².